The topological polar surface area (TPSA) is 13.1 Å². The molecule has 0 radical (unpaired) electrons. The Morgan fingerprint density at radius 3 is 1.75 bits per heavy atom. The lowest BCUT2D eigenvalue weighted by atomic mass is 10.2. The van der Waals surface area contributed by atoms with Crippen molar-refractivity contribution in [3.63, 3.8) is 0 Å². The smallest absolute Gasteiger partial charge is 0.449 e. The van der Waals surface area contributed by atoms with Crippen LogP contribution in [0.3, 0.4) is 0 Å². The van der Waals surface area contributed by atoms with Gasteiger partial charge < -0.3 is 4.42 Å². The van der Waals surface area contributed by atoms with Crippen LogP contribution < -0.4 is 0 Å². The van der Waals surface area contributed by atoms with E-state index in [2.05, 4.69) is 18.3 Å². The summed E-state index contributed by atoms with van der Waals surface area (Å²) in [5.74, 6) is -0.669. The molecule has 0 unspecified atom stereocenters. The van der Waals surface area contributed by atoms with Crippen LogP contribution in [0.5, 0.6) is 0 Å². The zero-order chi connectivity index (χ0) is 12.6. The Kier molecular flexibility index (Phi) is 6.93. The van der Waals surface area contributed by atoms with Crippen molar-refractivity contribution in [1.82, 2.24) is 0 Å². The molecule has 4 heteroatoms. The molecular formula is C12H19F3O. The zero-order valence-corrected chi connectivity index (χ0v) is 10.0. The molecule has 0 fully saturated rings. The molecule has 1 heterocycles. The highest BCUT2D eigenvalue weighted by Gasteiger charge is 2.34. The van der Waals surface area contributed by atoms with Gasteiger partial charge in [-0.3, -0.25) is 0 Å². The molecule has 94 valence electrons. The number of alkyl halides is 3. The molecule has 0 aliphatic heterocycles. The van der Waals surface area contributed by atoms with Crippen LogP contribution in [0.4, 0.5) is 13.2 Å². The molecule has 0 bridgehead atoms. The van der Waals surface area contributed by atoms with E-state index in [1.54, 1.807) is 0 Å². The van der Waals surface area contributed by atoms with Gasteiger partial charge in [-0.1, -0.05) is 39.5 Å². The summed E-state index contributed by atoms with van der Waals surface area (Å²) in [5.41, 5.74) is 0. The van der Waals surface area contributed by atoms with E-state index in [1.165, 1.54) is 38.7 Å². The third-order valence-corrected chi connectivity index (χ3v) is 1.98. The van der Waals surface area contributed by atoms with Gasteiger partial charge in [0.15, 0.2) is 0 Å². The van der Waals surface area contributed by atoms with Crippen LogP contribution >= 0.6 is 0 Å². The minimum atomic E-state index is -4.35. The van der Waals surface area contributed by atoms with Crippen molar-refractivity contribution in [2.75, 3.05) is 0 Å². The summed E-state index contributed by atoms with van der Waals surface area (Å²) in [4.78, 5) is 0. The van der Waals surface area contributed by atoms with Gasteiger partial charge in [-0.05, 0) is 19.1 Å². The average Bonchev–Trinajstić information content (AvgIpc) is 2.62. The maximum absolute atomic E-state index is 11.7. The number of aryl methyl sites for hydroxylation is 1. The SMILES string of the molecule is CCCCCC.Cc1ccc(C(F)(F)F)o1. The first kappa shape index (κ1) is 15.1. The van der Waals surface area contributed by atoms with Crippen molar-refractivity contribution in [3.05, 3.63) is 23.7 Å². The third kappa shape index (κ3) is 6.53. The quantitative estimate of drug-likeness (QED) is 0.658. The summed E-state index contributed by atoms with van der Waals surface area (Å²) >= 11 is 0. The molecule has 0 aliphatic rings. The summed E-state index contributed by atoms with van der Waals surface area (Å²) < 4.78 is 39.4. The number of hydrogen-bond acceptors (Lipinski definition) is 1. The van der Waals surface area contributed by atoms with Crippen LogP contribution in [-0.2, 0) is 6.18 Å². The fourth-order valence-corrected chi connectivity index (χ4v) is 1.09. The Balaban J connectivity index is 0.000000325. The standard InChI is InChI=1S/C6H5F3O.C6H14/c1-4-2-3-5(10-4)6(7,8)9;1-3-5-6-4-2/h2-3H,1H3;3-6H2,1-2H3. The molecule has 0 amide bonds. The van der Waals surface area contributed by atoms with Gasteiger partial charge in [0.1, 0.15) is 5.76 Å². The molecule has 0 atom stereocenters. The van der Waals surface area contributed by atoms with Crippen LogP contribution in [0.2, 0.25) is 0 Å². The van der Waals surface area contributed by atoms with E-state index in [-0.39, 0.29) is 5.76 Å². The molecule has 0 saturated carbocycles. The molecular weight excluding hydrogens is 217 g/mol. The van der Waals surface area contributed by atoms with E-state index in [1.807, 2.05) is 0 Å². The molecule has 1 nitrogen and oxygen atoms in total. The first-order chi connectivity index (χ1) is 7.41. The number of halogens is 3. The number of unbranched alkanes of at least 4 members (excludes halogenated alkanes) is 3. The minimum Gasteiger partial charge on any atom is -0.457 e. The van der Waals surface area contributed by atoms with E-state index in [9.17, 15) is 13.2 Å². The second-order valence-electron chi connectivity index (χ2n) is 3.62. The van der Waals surface area contributed by atoms with E-state index in [0.717, 1.165) is 6.07 Å². The van der Waals surface area contributed by atoms with Crippen molar-refractivity contribution in [3.8, 4) is 0 Å². The summed E-state index contributed by atoms with van der Waals surface area (Å²) in [5, 5.41) is 0. The number of furan rings is 1. The highest BCUT2D eigenvalue weighted by atomic mass is 19.4. The van der Waals surface area contributed by atoms with Crippen molar-refractivity contribution < 1.29 is 17.6 Å². The van der Waals surface area contributed by atoms with Gasteiger partial charge in [0.25, 0.3) is 0 Å². The Morgan fingerprint density at radius 1 is 1.06 bits per heavy atom. The predicted molar refractivity (Wildman–Crippen MR) is 58.3 cm³/mol. The first-order valence-corrected chi connectivity index (χ1v) is 5.55. The molecule has 1 aromatic rings. The number of rotatable bonds is 3. The molecule has 0 aromatic carbocycles. The number of hydrogen-bond donors (Lipinski definition) is 0. The highest BCUT2D eigenvalue weighted by molar-refractivity contribution is 5.08. The zero-order valence-electron chi connectivity index (χ0n) is 10.0. The maximum Gasteiger partial charge on any atom is 0.449 e. The van der Waals surface area contributed by atoms with Crippen molar-refractivity contribution in [1.29, 1.82) is 0 Å². The van der Waals surface area contributed by atoms with E-state index in [0.29, 0.717) is 0 Å². The van der Waals surface area contributed by atoms with Gasteiger partial charge in [-0.15, -0.1) is 0 Å². The largest absolute Gasteiger partial charge is 0.457 e. The lowest BCUT2D eigenvalue weighted by molar-refractivity contribution is -0.153. The molecule has 1 rings (SSSR count). The van der Waals surface area contributed by atoms with Gasteiger partial charge in [0.05, 0.1) is 0 Å². The third-order valence-electron chi connectivity index (χ3n) is 1.98. The fraction of sp³-hybridized carbons (Fsp3) is 0.667. The lowest BCUT2D eigenvalue weighted by Gasteiger charge is -1.99. The van der Waals surface area contributed by atoms with Crippen molar-refractivity contribution in [2.24, 2.45) is 0 Å². The second kappa shape index (κ2) is 7.36. The Bertz CT molecular complexity index is 272. The summed E-state index contributed by atoms with van der Waals surface area (Å²) in [7, 11) is 0. The van der Waals surface area contributed by atoms with Gasteiger partial charge in [-0.25, -0.2) is 0 Å². The molecule has 16 heavy (non-hydrogen) atoms. The van der Waals surface area contributed by atoms with Crippen molar-refractivity contribution in [2.45, 2.75) is 52.6 Å². The van der Waals surface area contributed by atoms with Crippen LogP contribution in [0, 0.1) is 6.92 Å². The van der Waals surface area contributed by atoms with Gasteiger partial charge in [0.2, 0.25) is 5.76 Å². The second-order valence-corrected chi connectivity index (χ2v) is 3.62. The minimum absolute atomic E-state index is 0.271. The van der Waals surface area contributed by atoms with Crippen LogP contribution in [0.25, 0.3) is 0 Å². The fourth-order valence-electron chi connectivity index (χ4n) is 1.09. The van der Waals surface area contributed by atoms with E-state index >= 15 is 0 Å². The van der Waals surface area contributed by atoms with E-state index in [4.69, 9.17) is 0 Å². The van der Waals surface area contributed by atoms with Crippen molar-refractivity contribution >= 4 is 0 Å². The Morgan fingerprint density at radius 2 is 1.56 bits per heavy atom. The van der Waals surface area contributed by atoms with Gasteiger partial charge in [-0.2, -0.15) is 13.2 Å². The summed E-state index contributed by atoms with van der Waals surface area (Å²) in [6.07, 6.45) is 1.18. The van der Waals surface area contributed by atoms with Gasteiger partial charge >= 0.3 is 6.18 Å². The Labute approximate surface area is 94.6 Å². The average molecular weight is 236 g/mol. The highest BCUT2D eigenvalue weighted by Crippen LogP contribution is 2.30. The first-order valence-electron chi connectivity index (χ1n) is 5.55. The molecule has 0 spiro atoms. The monoisotopic (exact) mass is 236 g/mol. The molecule has 0 saturated heterocycles. The van der Waals surface area contributed by atoms with E-state index < -0.39 is 11.9 Å². The lowest BCUT2D eigenvalue weighted by Crippen LogP contribution is -2.01. The molecule has 0 aliphatic carbocycles. The van der Waals surface area contributed by atoms with Crippen LogP contribution in [0.1, 0.15) is 51.1 Å². The maximum atomic E-state index is 11.7. The van der Waals surface area contributed by atoms with Crippen LogP contribution in [0.15, 0.2) is 16.5 Å². The molecule has 0 N–H and O–H groups in total. The normalized spacial score (nSPS) is 10.9. The van der Waals surface area contributed by atoms with Crippen LogP contribution in [-0.4, -0.2) is 0 Å². The molecule has 1 aromatic heterocycles. The summed E-state index contributed by atoms with van der Waals surface area (Å²) in [6, 6.07) is 2.19. The Hall–Kier alpha value is -0.930. The van der Waals surface area contributed by atoms with Gasteiger partial charge in [0, 0.05) is 0 Å². The predicted octanol–water partition coefficient (Wildman–Crippen LogP) is 5.19. The summed E-state index contributed by atoms with van der Waals surface area (Å²) in [6.45, 7) is 5.93.